The lowest BCUT2D eigenvalue weighted by Gasteiger charge is -2.22. The largest absolute Gasteiger partial charge is 0.379 e. The van der Waals surface area contributed by atoms with Crippen LogP contribution < -0.4 is 10.5 Å². The molecule has 0 aliphatic rings. The van der Waals surface area contributed by atoms with Crippen LogP contribution in [-0.2, 0) is 14.8 Å². The Bertz CT molecular complexity index is 934. The molecule has 1 atom stereocenters. The van der Waals surface area contributed by atoms with Crippen LogP contribution in [0.15, 0.2) is 63.5 Å². The number of thioether (sulfide) groups is 1. The Balaban J connectivity index is 2.23. The number of nitrogens with zero attached hydrogens (tertiary/aromatic N) is 2. The maximum Gasteiger partial charge on any atom is 0.238 e. The molecule has 0 aliphatic carbocycles. The fourth-order valence-electron chi connectivity index (χ4n) is 2.36. The van der Waals surface area contributed by atoms with Crippen LogP contribution in [0.2, 0.25) is 0 Å². The Morgan fingerprint density at radius 1 is 1.21 bits per heavy atom. The topological polar surface area (TPSA) is 122 Å². The predicted molar refractivity (Wildman–Crippen MR) is 111 cm³/mol. The Hall–Kier alpha value is -2.43. The van der Waals surface area contributed by atoms with E-state index in [1.807, 2.05) is 30.3 Å². The molecule has 2 aromatic carbocycles. The van der Waals surface area contributed by atoms with Crippen LogP contribution in [0.4, 0.5) is 11.4 Å². The molecule has 28 heavy (non-hydrogen) atoms. The van der Waals surface area contributed by atoms with Gasteiger partial charge in [-0.15, -0.1) is 16.7 Å². The highest BCUT2D eigenvalue weighted by Crippen LogP contribution is 2.30. The Labute approximate surface area is 168 Å². The van der Waals surface area contributed by atoms with Crippen molar-refractivity contribution in [3.8, 4) is 0 Å². The van der Waals surface area contributed by atoms with Gasteiger partial charge in [0.15, 0.2) is 0 Å². The van der Waals surface area contributed by atoms with E-state index in [0.717, 1.165) is 11.0 Å². The third kappa shape index (κ3) is 6.32. The molecule has 0 heterocycles. The molecule has 0 spiro atoms. The molecule has 0 radical (unpaired) electrons. The summed E-state index contributed by atoms with van der Waals surface area (Å²) in [5, 5.41) is 11.1. The number of primary sulfonamides is 1. The quantitative estimate of drug-likeness (QED) is 0.473. The molecule has 0 fully saturated rings. The van der Waals surface area contributed by atoms with Gasteiger partial charge in [-0.3, -0.25) is 4.79 Å². The molecule has 0 unspecified atom stereocenters. The first-order chi connectivity index (χ1) is 13.2. The zero-order valence-electron chi connectivity index (χ0n) is 15.5. The number of carbonyl (C=O) groups excluding carboxylic acids is 1. The molecule has 0 aromatic heterocycles. The van der Waals surface area contributed by atoms with Crippen LogP contribution >= 0.6 is 11.8 Å². The number of hydrogen-bond donors (Lipinski definition) is 2. The van der Waals surface area contributed by atoms with Gasteiger partial charge in [0.25, 0.3) is 0 Å². The summed E-state index contributed by atoms with van der Waals surface area (Å²) >= 11 is 1.56. The third-order valence-corrected chi connectivity index (χ3v) is 5.96. The van der Waals surface area contributed by atoms with Crippen molar-refractivity contribution in [3.63, 3.8) is 0 Å². The number of nitrogens with one attached hydrogen (secondary N) is 1. The number of sulfonamides is 1. The Kier molecular flexibility index (Phi) is 7.55. The molecule has 1 amide bonds. The van der Waals surface area contributed by atoms with Crippen molar-refractivity contribution in [3.05, 3.63) is 53.4 Å². The maximum atomic E-state index is 12.2. The standard InChI is InChI=1S/C18H22N4O4S2/c1-22(2)18(23)10-13(12-27-14-6-4-3-5-7-14)20-16-9-8-15(28(19,25)26)11-17(16)21-24/h3-9,11,13,20H,10,12H2,1-2H3,(H2,19,25,26)/t13-/m1/s1. The summed E-state index contributed by atoms with van der Waals surface area (Å²) in [6.45, 7) is 0. The number of nitroso groups, excluding NO2 is 1. The van der Waals surface area contributed by atoms with Crippen molar-refractivity contribution < 1.29 is 13.2 Å². The molecule has 8 nitrogen and oxygen atoms in total. The Morgan fingerprint density at radius 2 is 1.89 bits per heavy atom. The molecular weight excluding hydrogens is 400 g/mol. The first-order valence-corrected chi connectivity index (χ1v) is 10.9. The molecule has 2 aromatic rings. The lowest BCUT2D eigenvalue weighted by atomic mass is 10.2. The number of benzene rings is 2. The summed E-state index contributed by atoms with van der Waals surface area (Å²) in [5.41, 5.74) is 0.256. The SMILES string of the molecule is CN(C)C(=O)C[C@H](CSc1ccccc1)Nc1ccc(S(N)(=O)=O)cc1N=O. The summed E-state index contributed by atoms with van der Waals surface area (Å²) in [4.78, 5) is 25.7. The van der Waals surface area contributed by atoms with Gasteiger partial charge in [0.2, 0.25) is 15.9 Å². The average molecular weight is 423 g/mol. The minimum absolute atomic E-state index is 0.0760. The summed E-state index contributed by atoms with van der Waals surface area (Å²) in [6.07, 6.45) is 0.196. The van der Waals surface area contributed by atoms with Gasteiger partial charge in [0.1, 0.15) is 5.69 Å². The molecule has 150 valence electrons. The molecule has 2 rings (SSSR count). The van der Waals surface area contributed by atoms with Crippen molar-refractivity contribution in [2.45, 2.75) is 22.3 Å². The minimum Gasteiger partial charge on any atom is -0.379 e. The second-order valence-corrected chi connectivity index (χ2v) is 8.93. The van der Waals surface area contributed by atoms with Crippen molar-refractivity contribution in [2.75, 3.05) is 25.2 Å². The van der Waals surface area contributed by atoms with E-state index in [1.165, 1.54) is 17.0 Å². The zero-order chi connectivity index (χ0) is 20.7. The molecule has 3 N–H and O–H groups in total. The van der Waals surface area contributed by atoms with Crippen molar-refractivity contribution in [2.24, 2.45) is 10.3 Å². The van der Waals surface area contributed by atoms with Gasteiger partial charge in [-0.25, -0.2) is 13.6 Å². The summed E-state index contributed by atoms with van der Waals surface area (Å²) < 4.78 is 22.9. The number of anilines is 1. The summed E-state index contributed by atoms with van der Waals surface area (Å²) in [6, 6.07) is 13.2. The number of hydrogen-bond acceptors (Lipinski definition) is 7. The molecule has 0 saturated carbocycles. The zero-order valence-corrected chi connectivity index (χ0v) is 17.2. The first kappa shape index (κ1) is 21.9. The predicted octanol–water partition coefficient (Wildman–Crippen LogP) is 2.78. The summed E-state index contributed by atoms with van der Waals surface area (Å²) in [7, 11) is -0.609. The smallest absolute Gasteiger partial charge is 0.238 e. The fourth-order valence-corrected chi connectivity index (χ4v) is 3.84. The van der Waals surface area contributed by atoms with Crippen LogP contribution in [0.5, 0.6) is 0 Å². The monoisotopic (exact) mass is 422 g/mol. The van der Waals surface area contributed by atoms with Gasteiger partial charge in [-0.1, -0.05) is 18.2 Å². The lowest BCUT2D eigenvalue weighted by Crippen LogP contribution is -2.32. The normalized spacial score (nSPS) is 12.2. The highest BCUT2D eigenvalue weighted by Gasteiger charge is 2.19. The number of nitrogens with two attached hydrogens (primary N) is 1. The fraction of sp³-hybridized carbons (Fsp3) is 0.278. The highest BCUT2D eigenvalue weighted by molar-refractivity contribution is 7.99. The number of amides is 1. The van der Waals surface area contributed by atoms with Crippen LogP contribution in [0.25, 0.3) is 0 Å². The molecule has 0 bridgehead atoms. The van der Waals surface area contributed by atoms with Gasteiger partial charge in [-0.2, -0.15) is 0 Å². The van der Waals surface area contributed by atoms with Gasteiger partial charge in [0, 0.05) is 37.2 Å². The van der Waals surface area contributed by atoms with E-state index in [2.05, 4.69) is 10.5 Å². The summed E-state index contributed by atoms with van der Waals surface area (Å²) in [5.74, 6) is 0.478. The first-order valence-electron chi connectivity index (χ1n) is 8.35. The van der Waals surface area contributed by atoms with E-state index in [4.69, 9.17) is 5.14 Å². The molecule has 10 heteroatoms. The van der Waals surface area contributed by atoms with Crippen LogP contribution in [-0.4, -0.2) is 45.1 Å². The van der Waals surface area contributed by atoms with E-state index in [-0.39, 0.29) is 29.0 Å². The van der Waals surface area contributed by atoms with Gasteiger partial charge < -0.3 is 10.2 Å². The van der Waals surface area contributed by atoms with E-state index < -0.39 is 10.0 Å². The highest BCUT2D eigenvalue weighted by atomic mass is 32.2. The minimum atomic E-state index is -3.95. The molecule has 0 aliphatic heterocycles. The average Bonchev–Trinajstić information content (AvgIpc) is 2.66. The van der Waals surface area contributed by atoms with Gasteiger partial charge in [-0.05, 0) is 35.5 Å². The Morgan fingerprint density at radius 3 is 2.46 bits per heavy atom. The van der Waals surface area contributed by atoms with Crippen LogP contribution in [0.3, 0.4) is 0 Å². The van der Waals surface area contributed by atoms with E-state index >= 15 is 0 Å². The lowest BCUT2D eigenvalue weighted by molar-refractivity contribution is -0.128. The maximum absolute atomic E-state index is 12.2. The van der Waals surface area contributed by atoms with Crippen molar-refractivity contribution >= 4 is 39.1 Å². The third-order valence-electron chi connectivity index (χ3n) is 3.87. The second-order valence-electron chi connectivity index (χ2n) is 6.27. The molecular formula is C18H22N4O4S2. The molecule has 0 saturated heterocycles. The van der Waals surface area contributed by atoms with Crippen LogP contribution in [0, 0.1) is 4.91 Å². The van der Waals surface area contributed by atoms with Gasteiger partial charge >= 0.3 is 0 Å². The van der Waals surface area contributed by atoms with Crippen molar-refractivity contribution in [1.82, 2.24) is 4.90 Å². The van der Waals surface area contributed by atoms with E-state index in [1.54, 1.807) is 25.9 Å². The number of carbonyl (C=O) groups is 1. The van der Waals surface area contributed by atoms with E-state index in [9.17, 15) is 18.1 Å². The van der Waals surface area contributed by atoms with Crippen LogP contribution in [0.1, 0.15) is 6.42 Å². The number of rotatable bonds is 9. The van der Waals surface area contributed by atoms with Crippen molar-refractivity contribution in [1.29, 1.82) is 0 Å². The second kappa shape index (κ2) is 9.67. The van der Waals surface area contributed by atoms with Gasteiger partial charge in [0.05, 0.1) is 10.6 Å². The van der Waals surface area contributed by atoms with E-state index in [0.29, 0.717) is 11.4 Å².